The first-order valence-electron chi connectivity index (χ1n) is 6.22. The molecule has 0 saturated carbocycles. The van der Waals surface area contributed by atoms with Crippen LogP contribution < -0.4 is 0 Å². The Bertz CT molecular complexity index is 209. The van der Waals surface area contributed by atoms with E-state index in [9.17, 15) is 0 Å². The second-order valence-electron chi connectivity index (χ2n) is 5.63. The molecule has 0 unspecified atom stereocenters. The zero-order valence-electron chi connectivity index (χ0n) is 10.9. The molecule has 1 rings (SSSR count). The monoisotopic (exact) mass is 210 g/mol. The van der Waals surface area contributed by atoms with Crippen LogP contribution in [0.4, 0.5) is 0 Å². The summed E-state index contributed by atoms with van der Waals surface area (Å²) >= 11 is 0. The van der Waals surface area contributed by atoms with Crippen LogP contribution in [0.25, 0.3) is 0 Å². The van der Waals surface area contributed by atoms with Crippen LogP contribution in [0.2, 0.25) is 0 Å². The molecule has 1 aliphatic rings. The van der Waals surface area contributed by atoms with E-state index < -0.39 is 0 Å². The minimum Gasteiger partial charge on any atom is -0.371 e. The summed E-state index contributed by atoms with van der Waals surface area (Å²) < 4.78 is 6.35. The molecule has 1 saturated heterocycles. The summed E-state index contributed by atoms with van der Waals surface area (Å²) in [5, 5.41) is 0. The molecule has 1 fully saturated rings. The van der Waals surface area contributed by atoms with Gasteiger partial charge in [-0.1, -0.05) is 40.7 Å². The average Bonchev–Trinajstić information content (AvgIpc) is 2.46. The van der Waals surface area contributed by atoms with Crippen molar-refractivity contribution in [2.75, 3.05) is 0 Å². The second-order valence-corrected chi connectivity index (χ2v) is 5.63. The molecule has 0 N–H and O–H groups in total. The molecule has 0 aromatic heterocycles. The van der Waals surface area contributed by atoms with E-state index in [0.29, 0.717) is 23.9 Å². The number of rotatable bonds is 4. The Morgan fingerprint density at radius 3 is 2.20 bits per heavy atom. The predicted octanol–water partition coefficient (Wildman–Crippen LogP) is 4.04. The van der Waals surface area contributed by atoms with Gasteiger partial charge in [0.15, 0.2) is 0 Å². The molecule has 15 heavy (non-hydrogen) atoms. The first-order chi connectivity index (χ1) is 6.94. The molecular weight excluding hydrogens is 184 g/mol. The van der Waals surface area contributed by atoms with Gasteiger partial charge in [0.2, 0.25) is 0 Å². The van der Waals surface area contributed by atoms with E-state index in [0.717, 1.165) is 6.42 Å². The molecule has 88 valence electrons. The summed E-state index contributed by atoms with van der Waals surface area (Å²) in [4.78, 5) is 0. The molecule has 0 bridgehead atoms. The number of hydrogen-bond acceptors (Lipinski definition) is 1. The molecule has 0 aromatic rings. The van der Waals surface area contributed by atoms with Gasteiger partial charge in [0, 0.05) is 0 Å². The van der Waals surface area contributed by atoms with E-state index in [2.05, 4.69) is 41.2 Å². The van der Waals surface area contributed by atoms with E-state index in [4.69, 9.17) is 4.74 Å². The van der Waals surface area contributed by atoms with Gasteiger partial charge in [-0.05, 0) is 30.6 Å². The van der Waals surface area contributed by atoms with Crippen molar-refractivity contribution < 1.29 is 4.74 Å². The molecule has 0 aromatic carbocycles. The van der Waals surface area contributed by atoms with E-state index in [1.165, 1.54) is 6.42 Å². The maximum absolute atomic E-state index is 6.35. The molecule has 2 atom stereocenters. The van der Waals surface area contributed by atoms with Crippen LogP contribution >= 0.6 is 0 Å². The fourth-order valence-electron chi connectivity index (χ4n) is 2.94. The van der Waals surface area contributed by atoms with Crippen LogP contribution in [0, 0.1) is 17.8 Å². The zero-order chi connectivity index (χ0) is 11.6. The molecule has 0 spiro atoms. The SMILES string of the molecule is C=CC[C@@H]1OC(C(C)C)(C(C)C)C[C@@H]1C. The standard InChI is InChI=1S/C14H26O/c1-7-8-13-12(6)9-14(15-13,10(2)3)11(4)5/h7,10-13H,1,8-9H2,2-6H3/t12-,13-/m0/s1. The Balaban J connectivity index is 2.82. The Morgan fingerprint density at radius 1 is 1.33 bits per heavy atom. The quantitative estimate of drug-likeness (QED) is 0.636. The lowest BCUT2D eigenvalue weighted by Crippen LogP contribution is -2.40. The predicted molar refractivity (Wildman–Crippen MR) is 65.9 cm³/mol. The third kappa shape index (κ3) is 2.28. The summed E-state index contributed by atoms with van der Waals surface area (Å²) in [6.07, 6.45) is 4.55. The van der Waals surface area contributed by atoms with Crippen LogP contribution in [0.15, 0.2) is 12.7 Å². The van der Waals surface area contributed by atoms with Crippen molar-refractivity contribution in [1.29, 1.82) is 0 Å². The molecular formula is C14H26O. The van der Waals surface area contributed by atoms with Gasteiger partial charge in [-0.2, -0.15) is 0 Å². The van der Waals surface area contributed by atoms with Crippen molar-refractivity contribution in [3.63, 3.8) is 0 Å². The van der Waals surface area contributed by atoms with Gasteiger partial charge >= 0.3 is 0 Å². The van der Waals surface area contributed by atoms with Crippen LogP contribution in [-0.4, -0.2) is 11.7 Å². The first-order valence-corrected chi connectivity index (χ1v) is 6.22. The Labute approximate surface area is 94.9 Å². The van der Waals surface area contributed by atoms with Crippen LogP contribution in [0.5, 0.6) is 0 Å². The van der Waals surface area contributed by atoms with E-state index in [1.807, 2.05) is 6.08 Å². The van der Waals surface area contributed by atoms with Crippen molar-refractivity contribution in [1.82, 2.24) is 0 Å². The Hall–Kier alpha value is -0.300. The fourth-order valence-corrected chi connectivity index (χ4v) is 2.94. The minimum absolute atomic E-state index is 0.0904. The smallest absolute Gasteiger partial charge is 0.0735 e. The lowest BCUT2D eigenvalue weighted by Gasteiger charge is -2.37. The Morgan fingerprint density at radius 2 is 1.87 bits per heavy atom. The fraction of sp³-hybridized carbons (Fsp3) is 0.857. The Kier molecular flexibility index (Phi) is 3.99. The lowest BCUT2D eigenvalue weighted by atomic mass is 9.76. The molecule has 0 amide bonds. The maximum Gasteiger partial charge on any atom is 0.0735 e. The summed E-state index contributed by atoms with van der Waals surface area (Å²) in [6, 6.07) is 0. The van der Waals surface area contributed by atoms with Gasteiger partial charge in [0.25, 0.3) is 0 Å². The van der Waals surface area contributed by atoms with Crippen LogP contribution in [-0.2, 0) is 4.74 Å². The van der Waals surface area contributed by atoms with Crippen molar-refractivity contribution in [3.05, 3.63) is 12.7 Å². The topological polar surface area (TPSA) is 9.23 Å². The minimum atomic E-state index is 0.0904. The van der Waals surface area contributed by atoms with Crippen LogP contribution in [0.1, 0.15) is 47.5 Å². The van der Waals surface area contributed by atoms with Gasteiger partial charge in [-0.3, -0.25) is 0 Å². The van der Waals surface area contributed by atoms with Gasteiger partial charge < -0.3 is 4.74 Å². The molecule has 1 heteroatoms. The lowest BCUT2D eigenvalue weighted by molar-refractivity contribution is -0.101. The third-order valence-corrected chi connectivity index (χ3v) is 4.00. The van der Waals surface area contributed by atoms with E-state index in [-0.39, 0.29) is 5.60 Å². The normalized spacial score (nSPS) is 30.1. The van der Waals surface area contributed by atoms with Crippen molar-refractivity contribution >= 4 is 0 Å². The highest BCUT2D eigenvalue weighted by atomic mass is 16.5. The number of ether oxygens (including phenoxy) is 1. The average molecular weight is 210 g/mol. The molecule has 1 aliphatic heterocycles. The van der Waals surface area contributed by atoms with Crippen LogP contribution in [0.3, 0.4) is 0 Å². The summed E-state index contributed by atoms with van der Waals surface area (Å²) in [7, 11) is 0. The summed E-state index contributed by atoms with van der Waals surface area (Å²) in [5.74, 6) is 1.84. The largest absolute Gasteiger partial charge is 0.371 e. The third-order valence-electron chi connectivity index (χ3n) is 4.00. The highest BCUT2D eigenvalue weighted by molar-refractivity contribution is 4.98. The molecule has 1 nitrogen and oxygen atoms in total. The van der Waals surface area contributed by atoms with Crippen molar-refractivity contribution in [2.24, 2.45) is 17.8 Å². The van der Waals surface area contributed by atoms with E-state index >= 15 is 0 Å². The van der Waals surface area contributed by atoms with Crippen molar-refractivity contribution in [2.45, 2.75) is 59.2 Å². The highest BCUT2D eigenvalue weighted by Crippen LogP contribution is 2.45. The van der Waals surface area contributed by atoms with Gasteiger partial charge in [0.1, 0.15) is 0 Å². The first kappa shape index (κ1) is 12.8. The van der Waals surface area contributed by atoms with Gasteiger partial charge in [-0.25, -0.2) is 0 Å². The molecule has 1 heterocycles. The second kappa shape index (κ2) is 4.69. The molecule has 0 aliphatic carbocycles. The summed E-state index contributed by atoms with van der Waals surface area (Å²) in [6.45, 7) is 15.2. The van der Waals surface area contributed by atoms with E-state index in [1.54, 1.807) is 0 Å². The maximum atomic E-state index is 6.35. The molecule has 0 radical (unpaired) electrons. The summed E-state index contributed by atoms with van der Waals surface area (Å²) in [5.41, 5.74) is 0.0904. The van der Waals surface area contributed by atoms with Crippen molar-refractivity contribution in [3.8, 4) is 0 Å². The van der Waals surface area contributed by atoms with Gasteiger partial charge in [0.05, 0.1) is 11.7 Å². The number of hydrogen-bond donors (Lipinski definition) is 0. The van der Waals surface area contributed by atoms with Gasteiger partial charge in [-0.15, -0.1) is 6.58 Å². The highest BCUT2D eigenvalue weighted by Gasteiger charge is 2.47. The zero-order valence-corrected chi connectivity index (χ0v) is 10.9.